The third-order valence-corrected chi connectivity index (χ3v) is 3.79. The van der Waals surface area contributed by atoms with Crippen LogP contribution in [0.15, 0.2) is 30.3 Å². The lowest BCUT2D eigenvalue weighted by molar-refractivity contribution is -0.150. The van der Waals surface area contributed by atoms with Gasteiger partial charge in [-0.25, -0.2) is 4.79 Å². The van der Waals surface area contributed by atoms with Crippen molar-refractivity contribution in [2.45, 2.75) is 44.8 Å². The predicted octanol–water partition coefficient (Wildman–Crippen LogP) is 2.63. The van der Waals surface area contributed by atoms with Crippen LogP contribution in [0.1, 0.15) is 37.7 Å². The molecule has 0 heterocycles. The minimum atomic E-state index is -1.14. The standard InChI is InChI=1S/C16H21NO3.ClH/c17-14(15(18)13-9-5-2-6-10-13)16(19)20-11-12-7-3-1-4-8-12;/h1,3-4,7-8,13-14H,2,5-6,9-11,17H2;1H. The first-order valence-electron chi connectivity index (χ1n) is 7.18. The minimum Gasteiger partial charge on any atom is -0.459 e. The second-order valence-electron chi connectivity index (χ2n) is 5.31. The quantitative estimate of drug-likeness (QED) is 0.670. The molecule has 0 saturated heterocycles. The van der Waals surface area contributed by atoms with Crippen molar-refractivity contribution in [3.05, 3.63) is 35.9 Å². The fraction of sp³-hybridized carbons (Fsp3) is 0.500. The van der Waals surface area contributed by atoms with Gasteiger partial charge in [0.2, 0.25) is 0 Å². The number of benzene rings is 1. The summed E-state index contributed by atoms with van der Waals surface area (Å²) >= 11 is 0. The summed E-state index contributed by atoms with van der Waals surface area (Å²) in [7, 11) is 0. The number of hydrogen-bond donors (Lipinski definition) is 1. The maximum Gasteiger partial charge on any atom is 0.331 e. The Labute approximate surface area is 131 Å². The van der Waals surface area contributed by atoms with Crippen molar-refractivity contribution in [2.24, 2.45) is 11.7 Å². The molecule has 1 aliphatic carbocycles. The lowest BCUT2D eigenvalue weighted by atomic mass is 9.84. The largest absolute Gasteiger partial charge is 0.459 e. The van der Waals surface area contributed by atoms with Gasteiger partial charge >= 0.3 is 5.97 Å². The van der Waals surface area contributed by atoms with Gasteiger partial charge in [0, 0.05) is 5.92 Å². The van der Waals surface area contributed by atoms with E-state index in [9.17, 15) is 9.59 Å². The van der Waals surface area contributed by atoms with Gasteiger partial charge in [0.05, 0.1) is 0 Å². The highest BCUT2D eigenvalue weighted by Crippen LogP contribution is 2.25. The molecule has 1 aromatic carbocycles. The average Bonchev–Trinajstić information content (AvgIpc) is 2.53. The second kappa shape index (κ2) is 8.80. The van der Waals surface area contributed by atoms with Crippen LogP contribution < -0.4 is 5.73 Å². The summed E-state index contributed by atoms with van der Waals surface area (Å²) in [4.78, 5) is 24.0. The Kier molecular flexibility index (Phi) is 7.40. The normalized spacial score (nSPS) is 16.6. The first-order chi connectivity index (χ1) is 9.68. The molecule has 21 heavy (non-hydrogen) atoms. The zero-order valence-corrected chi connectivity index (χ0v) is 12.8. The lowest BCUT2D eigenvalue weighted by Gasteiger charge is -2.22. The Hall–Kier alpha value is -1.39. The summed E-state index contributed by atoms with van der Waals surface area (Å²) in [5, 5.41) is 0. The van der Waals surface area contributed by atoms with E-state index in [4.69, 9.17) is 10.5 Å². The van der Waals surface area contributed by atoms with Crippen molar-refractivity contribution in [3.63, 3.8) is 0 Å². The topological polar surface area (TPSA) is 69.4 Å². The van der Waals surface area contributed by atoms with Crippen LogP contribution in [0.3, 0.4) is 0 Å². The number of hydrogen-bond acceptors (Lipinski definition) is 4. The highest BCUT2D eigenvalue weighted by Gasteiger charge is 2.31. The molecule has 116 valence electrons. The van der Waals surface area contributed by atoms with E-state index in [1.807, 2.05) is 30.3 Å². The number of carbonyl (C=O) groups is 2. The van der Waals surface area contributed by atoms with Crippen LogP contribution in [0.4, 0.5) is 0 Å². The smallest absolute Gasteiger partial charge is 0.331 e. The summed E-state index contributed by atoms with van der Waals surface area (Å²) in [5.74, 6) is -0.852. The first-order valence-corrected chi connectivity index (χ1v) is 7.18. The molecule has 0 bridgehead atoms. The van der Waals surface area contributed by atoms with Crippen LogP contribution in [-0.4, -0.2) is 17.8 Å². The zero-order chi connectivity index (χ0) is 14.4. The van der Waals surface area contributed by atoms with E-state index >= 15 is 0 Å². The molecule has 4 nitrogen and oxygen atoms in total. The van der Waals surface area contributed by atoms with Gasteiger partial charge in [0.15, 0.2) is 11.8 Å². The highest BCUT2D eigenvalue weighted by molar-refractivity contribution is 6.03. The Morgan fingerprint density at radius 2 is 1.76 bits per heavy atom. The number of halogens is 1. The first kappa shape index (κ1) is 17.7. The van der Waals surface area contributed by atoms with Crippen molar-refractivity contribution in [2.75, 3.05) is 0 Å². The number of ether oxygens (including phenoxy) is 1. The van der Waals surface area contributed by atoms with Gasteiger partial charge in [-0.3, -0.25) is 4.79 Å². The summed E-state index contributed by atoms with van der Waals surface area (Å²) < 4.78 is 5.12. The molecule has 1 atom stereocenters. The summed E-state index contributed by atoms with van der Waals surface area (Å²) in [5.41, 5.74) is 6.62. The van der Waals surface area contributed by atoms with E-state index in [2.05, 4.69) is 0 Å². The fourth-order valence-corrected chi connectivity index (χ4v) is 2.58. The van der Waals surface area contributed by atoms with Gasteiger partial charge in [-0.05, 0) is 18.4 Å². The molecule has 1 aromatic rings. The Bertz CT molecular complexity index is 458. The molecule has 2 rings (SSSR count). The van der Waals surface area contributed by atoms with Crippen LogP contribution in [0.2, 0.25) is 0 Å². The van der Waals surface area contributed by atoms with Gasteiger partial charge in [-0.2, -0.15) is 0 Å². The maximum atomic E-state index is 12.1. The number of esters is 1. The van der Waals surface area contributed by atoms with Crippen LogP contribution in [-0.2, 0) is 20.9 Å². The van der Waals surface area contributed by atoms with E-state index in [1.165, 1.54) is 0 Å². The van der Waals surface area contributed by atoms with Crippen molar-refractivity contribution in [1.29, 1.82) is 0 Å². The fourth-order valence-electron chi connectivity index (χ4n) is 2.58. The third-order valence-electron chi connectivity index (χ3n) is 3.79. The second-order valence-corrected chi connectivity index (χ2v) is 5.31. The van der Waals surface area contributed by atoms with Gasteiger partial charge in [-0.15, -0.1) is 12.4 Å². The molecule has 0 spiro atoms. The number of Topliss-reactive ketones (excluding diaryl/α,β-unsaturated/α-hetero) is 1. The molecule has 2 N–H and O–H groups in total. The van der Waals surface area contributed by atoms with Crippen molar-refractivity contribution < 1.29 is 14.3 Å². The van der Waals surface area contributed by atoms with Gasteiger partial charge in [0.1, 0.15) is 6.61 Å². The summed E-state index contributed by atoms with van der Waals surface area (Å²) in [6.07, 6.45) is 4.94. The van der Waals surface area contributed by atoms with E-state index in [0.29, 0.717) is 0 Å². The maximum absolute atomic E-state index is 12.1. The molecule has 0 radical (unpaired) electrons. The molecule has 0 aromatic heterocycles. The molecule has 1 saturated carbocycles. The van der Waals surface area contributed by atoms with Crippen LogP contribution >= 0.6 is 12.4 Å². The number of carbonyl (C=O) groups excluding carboxylic acids is 2. The Morgan fingerprint density at radius 1 is 1.14 bits per heavy atom. The van der Waals surface area contributed by atoms with Gasteiger partial charge < -0.3 is 10.5 Å². The highest BCUT2D eigenvalue weighted by atomic mass is 35.5. The summed E-state index contributed by atoms with van der Waals surface area (Å²) in [6, 6.07) is 8.22. The number of rotatable bonds is 5. The van der Waals surface area contributed by atoms with E-state index in [0.717, 1.165) is 37.7 Å². The molecule has 1 fully saturated rings. The molecule has 5 heteroatoms. The number of nitrogens with two attached hydrogens (primary N) is 1. The van der Waals surface area contributed by atoms with Gasteiger partial charge in [0.25, 0.3) is 0 Å². The zero-order valence-electron chi connectivity index (χ0n) is 12.0. The molecular weight excluding hydrogens is 290 g/mol. The Balaban J connectivity index is 0.00000220. The summed E-state index contributed by atoms with van der Waals surface area (Å²) in [6.45, 7) is 0.158. The van der Waals surface area contributed by atoms with Crippen molar-refractivity contribution in [1.82, 2.24) is 0 Å². The third kappa shape index (κ3) is 5.14. The van der Waals surface area contributed by atoms with Crippen LogP contribution in [0.5, 0.6) is 0 Å². The molecule has 0 aliphatic heterocycles. The monoisotopic (exact) mass is 311 g/mol. The lowest BCUT2D eigenvalue weighted by Crippen LogP contribution is -2.43. The number of ketones is 1. The minimum absolute atomic E-state index is 0. The SMILES string of the molecule is Cl.NC(C(=O)OCc1ccccc1)C(=O)C1CCCCC1. The molecular formula is C16H22ClNO3. The predicted molar refractivity (Wildman–Crippen MR) is 83.0 cm³/mol. The molecule has 1 aliphatic rings. The van der Waals surface area contributed by atoms with Gasteiger partial charge in [-0.1, -0.05) is 49.6 Å². The average molecular weight is 312 g/mol. The van der Waals surface area contributed by atoms with E-state index < -0.39 is 12.0 Å². The van der Waals surface area contributed by atoms with E-state index in [1.54, 1.807) is 0 Å². The van der Waals surface area contributed by atoms with E-state index in [-0.39, 0.29) is 30.7 Å². The van der Waals surface area contributed by atoms with Crippen LogP contribution in [0.25, 0.3) is 0 Å². The van der Waals surface area contributed by atoms with Crippen molar-refractivity contribution in [3.8, 4) is 0 Å². The van der Waals surface area contributed by atoms with Crippen molar-refractivity contribution >= 4 is 24.2 Å². The van der Waals surface area contributed by atoms with Crippen LogP contribution in [0, 0.1) is 5.92 Å². The molecule has 0 amide bonds. The Morgan fingerprint density at radius 3 is 2.38 bits per heavy atom. The molecule has 1 unspecified atom stereocenters.